The highest BCUT2D eigenvalue weighted by Crippen LogP contribution is 2.07. The average molecular weight is 248 g/mol. The van der Waals surface area contributed by atoms with Crippen LogP contribution in [0.5, 0.6) is 0 Å². The molecule has 0 spiro atoms. The van der Waals surface area contributed by atoms with Crippen LogP contribution in [0.15, 0.2) is 0 Å². The second-order valence-corrected chi connectivity index (χ2v) is 4.35. The molecule has 100 valence electrons. The Morgan fingerprint density at radius 1 is 1.29 bits per heavy atom. The van der Waals surface area contributed by atoms with Gasteiger partial charge in [0.15, 0.2) is 0 Å². The van der Waals surface area contributed by atoms with Gasteiger partial charge in [0.25, 0.3) is 0 Å². The molecule has 0 radical (unpaired) electrons. The molecule has 7 heteroatoms. The van der Waals surface area contributed by atoms with Gasteiger partial charge >= 0.3 is 6.16 Å². The summed E-state index contributed by atoms with van der Waals surface area (Å²) in [5.41, 5.74) is -0.636. The summed E-state index contributed by atoms with van der Waals surface area (Å²) in [6, 6.07) is -0.442. The molecular weight excluding hydrogens is 228 g/mol. The molecule has 0 aromatic carbocycles. The number of carbonyl (C=O) groups excluding carboxylic acids is 2. The Kier molecular flexibility index (Phi) is 6.52. The van der Waals surface area contributed by atoms with Gasteiger partial charge in [0.2, 0.25) is 5.91 Å². The van der Waals surface area contributed by atoms with E-state index in [2.05, 4.69) is 20.4 Å². The van der Waals surface area contributed by atoms with E-state index in [-0.39, 0.29) is 12.6 Å². The Balaban J connectivity index is 3.65. The summed E-state index contributed by atoms with van der Waals surface area (Å²) < 4.78 is 4.82. The highest BCUT2D eigenvalue weighted by molar-refractivity contribution is 5.80. The monoisotopic (exact) mass is 248 g/mol. The zero-order chi connectivity index (χ0) is 13.5. The minimum Gasteiger partial charge on any atom is -0.427 e. The second kappa shape index (κ2) is 7.08. The average Bonchev–Trinajstić information content (AvgIpc) is 2.20. The van der Waals surface area contributed by atoms with Crippen molar-refractivity contribution < 1.29 is 24.1 Å². The number of amides is 1. The van der Waals surface area contributed by atoms with Gasteiger partial charge in [-0.25, -0.2) is 4.79 Å². The molecule has 0 fully saturated rings. The van der Waals surface area contributed by atoms with Gasteiger partial charge in [-0.2, -0.15) is 4.89 Å². The first-order valence-corrected chi connectivity index (χ1v) is 5.23. The fourth-order valence-electron chi connectivity index (χ4n) is 0.813. The summed E-state index contributed by atoms with van der Waals surface area (Å²) in [7, 11) is 1.53. The normalized spacial score (nSPS) is 12.8. The molecule has 0 rings (SSSR count). The van der Waals surface area contributed by atoms with Gasteiger partial charge in [0, 0.05) is 7.05 Å². The van der Waals surface area contributed by atoms with Gasteiger partial charge in [-0.3, -0.25) is 15.0 Å². The molecule has 7 nitrogen and oxygen atoms in total. The van der Waals surface area contributed by atoms with Crippen LogP contribution in [-0.4, -0.2) is 37.5 Å². The molecule has 0 aliphatic rings. The standard InChI is InChI=1S/C10H20N2O5/c1-7(8(13)11-5)12-6-15-17-9(14)16-10(2,3)4/h7,12H,6H2,1-5H3,(H,11,13)/t7-/m0/s1. The lowest BCUT2D eigenvalue weighted by Crippen LogP contribution is -2.41. The predicted octanol–water partition coefficient (Wildman–Crippen LogP) is 0.551. The summed E-state index contributed by atoms with van der Waals surface area (Å²) >= 11 is 0. The molecule has 0 saturated carbocycles. The maximum absolute atomic E-state index is 11.1. The fourth-order valence-corrected chi connectivity index (χ4v) is 0.813. The molecule has 1 atom stereocenters. The highest BCUT2D eigenvalue weighted by Gasteiger charge is 2.18. The van der Waals surface area contributed by atoms with Crippen LogP contribution in [0.3, 0.4) is 0 Å². The van der Waals surface area contributed by atoms with Crippen LogP contribution in [0.1, 0.15) is 27.7 Å². The van der Waals surface area contributed by atoms with Gasteiger partial charge in [-0.1, -0.05) is 0 Å². The number of nitrogens with one attached hydrogen (secondary N) is 2. The SMILES string of the molecule is CNC(=O)[C@H](C)NCOOC(=O)OC(C)(C)C. The Bertz CT molecular complexity index is 262. The van der Waals surface area contributed by atoms with Gasteiger partial charge < -0.3 is 10.1 Å². The topological polar surface area (TPSA) is 85.9 Å². The van der Waals surface area contributed by atoms with Crippen molar-refractivity contribution in [2.45, 2.75) is 39.3 Å². The van der Waals surface area contributed by atoms with E-state index in [9.17, 15) is 9.59 Å². The minimum absolute atomic E-state index is 0.103. The lowest BCUT2D eigenvalue weighted by Gasteiger charge is -2.18. The van der Waals surface area contributed by atoms with Crippen LogP contribution < -0.4 is 10.6 Å². The third kappa shape index (κ3) is 8.47. The van der Waals surface area contributed by atoms with Crippen molar-refractivity contribution in [2.24, 2.45) is 0 Å². The Hall–Kier alpha value is -1.34. The van der Waals surface area contributed by atoms with Gasteiger partial charge in [0.05, 0.1) is 6.04 Å². The fraction of sp³-hybridized carbons (Fsp3) is 0.800. The molecule has 2 N–H and O–H groups in total. The molecule has 17 heavy (non-hydrogen) atoms. The van der Waals surface area contributed by atoms with E-state index in [0.717, 1.165) is 0 Å². The van der Waals surface area contributed by atoms with Crippen molar-refractivity contribution in [1.29, 1.82) is 0 Å². The molecule has 0 aliphatic carbocycles. The molecule has 0 aliphatic heterocycles. The number of hydrogen-bond acceptors (Lipinski definition) is 6. The quantitative estimate of drug-likeness (QED) is 0.243. The summed E-state index contributed by atoms with van der Waals surface area (Å²) in [5, 5.41) is 5.14. The number of carbonyl (C=O) groups is 2. The summed E-state index contributed by atoms with van der Waals surface area (Å²) in [6.07, 6.45) is -0.924. The van der Waals surface area contributed by atoms with Crippen LogP contribution >= 0.6 is 0 Å². The lowest BCUT2D eigenvalue weighted by molar-refractivity contribution is -0.265. The van der Waals surface area contributed by atoms with Crippen LogP contribution in [0, 0.1) is 0 Å². The Morgan fingerprint density at radius 2 is 1.88 bits per heavy atom. The highest BCUT2D eigenvalue weighted by atomic mass is 17.2. The zero-order valence-electron chi connectivity index (χ0n) is 10.8. The number of rotatable bonds is 5. The maximum atomic E-state index is 11.1. The van der Waals surface area contributed by atoms with E-state index < -0.39 is 17.8 Å². The first kappa shape index (κ1) is 15.7. The largest absolute Gasteiger partial charge is 0.541 e. The van der Waals surface area contributed by atoms with Gasteiger partial charge in [0.1, 0.15) is 12.3 Å². The third-order valence-corrected chi connectivity index (χ3v) is 1.60. The maximum Gasteiger partial charge on any atom is 0.541 e. The zero-order valence-corrected chi connectivity index (χ0v) is 10.8. The van der Waals surface area contributed by atoms with Crippen LogP contribution in [-0.2, 0) is 19.3 Å². The third-order valence-electron chi connectivity index (χ3n) is 1.60. The van der Waals surface area contributed by atoms with Gasteiger partial charge in [-0.15, -0.1) is 0 Å². The van der Waals surface area contributed by atoms with Crippen molar-refractivity contribution in [2.75, 3.05) is 13.8 Å². The van der Waals surface area contributed by atoms with Gasteiger partial charge in [-0.05, 0) is 27.7 Å². The van der Waals surface area contributed by atoms with Crippen molar-refractivity contribution in [1.82, 2.24) is 10.6 Å². The summed E-state index contributed by atoms with van der Waals surface area (Å²) in [5.74, 6) is -0.189. The molecule has 0 saturated heterocycles. The summed E-state index contributed by atoms with van der Waals surface area (Å²) in [6.45, 7) is 6.67. The number of ether oxygens (including phenoxy) is 1. The Labute approximate surface area is 101 Å². The van der Waals surface area contributed by atoms with E-state index in [1.165, 1.54) is 7.05 Å². The molecule has 0 unspecified atom stereocenters. The van der Waals surface area contributed by atoms with Crippen LogP contribution in [0.25, 0.3) is 0 Å². The summed E-state index contributed by atoms with van der Waals surface area (Å²) in [4.78, 5) is 31.0. The van der Waals surface area contributed by atoms with E-state index in [1.807, 2.05) is 0 Å². The molecule has 0 heterocycles. The minimum atomic E-state index is -0.924. The molecule has 0 bridgehead atoms. The van der Waals surface area contributed by atoms with E-state index in [1.54, 1.807) is 27.7 Å². The second-order valence-electron chi connectivity index (χ2n) is 4.35. The van der Waals surface area contributed by atoms with E-state index in [0.29, 0.717) is 0 Å². The first-order valence-electron chi connectivity index (χ1n) is 5.23. The van der Waals surface area contributed by atoms with Crippen molar-refractivity contribution in [3.63, 3.8) is 0 Å². The molecule has 0 aromatic heterocycles. The molecule has 0 aromatic rings. The van der Waals surface area contributed by atoms with E-state index >= 15 is 0 Å². The van der Waals surface area contributed by atoms with Crippen molar-refractivity contribution in [3.8, 4) is 0 Å². The lowest BCUT2D eigenvalue weighted by atomic mass is 10.2. The number of likely N-dealkylation sites (N-methyl/N-ethyl adjacent to an activating group) is 1. The first-order chi connectivity index (χ1) is 7.76. The van der Waals surface area contributed by atoms with Crippen molar-refractivity contribution in [3.05, 3.63) is 0 Å². The Morgan fingerprint density at radius 3 is 2.35 bits per heavy atom. The molecular formula is C10H20N2O5. The number of hydrogen-bond donors (Lipinski definition) is 2. The van der Waals surface area contributed by atoms with Crippen molar-refractivity contribution >= 4 is 12.1 Å². The predicted molar refractivity (Wildman–Crippen MR) is 59.9 cm³/mol. The van der Waals surface area contributed by atoms with Crippen LogP contribution in [0.2, 0.25) is 0 Å². The smallest absolute Gasteiger partial charge is 0.427 e. The molecule has 1 amide bonds. The van der Waals surface area contributed by atoms with Crippen LogP contribution in [0.4, 0.5) is 4.79 Å². The van der Waals surface area contributed by atoms with E-state index in [4.69, 9.17) is 4.74 Å².